The molecule has 0 radical (unpaired) electrons. The summed E-state index contributed by atoms with van der Waals surface area (Å²) in [6, 6.07) is 10.9. The van der Waals surface area contributed by atoms with Crippen LogP contribution in [0.3, 0.4) is 0 Å². The van der Waals surface area contributed by atoms with Crippen molar-refractivity contribution in [1.82, 2.24) is 25.1 Å². The van der Waals surface area contributed by atoms with E-state index in [0.717, 1.165) is 13.0 Å². The molecule has 0 spiro atoms. The van der Waals surface area contributed by atoms with Gasteiger partial charge in [-0.05, 0) is 18.2 Å². The summed E-state index contributed by atoms with van der Waals surface area (Å²) in [5.41, 5.74) is -1.73. The van der Waals surface area contributed by atoms with Gasteiger partial charge in [0.15, 0.2) is 0 Å². The second-order valence-corrected chi connectivity index (χ2v) is 8.36. The number of rotatable bonds is 7. The lowest BCUT2D eigenvalue weighted by Crippen LogP contribution is -2.29. The SMILES string of the molecule is CC(=O)C(=O)NCc1ncc(NC(=O)c2cc(-c3ccn(C)n3)c(C(F)(F)F)cc2F)c(-c2ccccc2)n1. The van der Waals surface area contributed by atoms with E-state index < -0.39 is 46.3 Å². The van der Waals surface area contributed by atoms with Crippen LogP contribution in [-0.2, 0) is 29.4 Å². The number of nitrogens with one attached hydrogen (secondary N) is 2. The van der Waals surface area contributed by atoms with Crippen molar-refractivity contribution in [3.8, 4) is 22.5 Å². The molecule has 200 valence electrons. The number of Topliss-reactive ketones (excluding diaryl/α,β-unsaturated/α-hetero) is 1. The third-order valence-corrected chi connectivity index (χ3v) is 5.51. The minimum absolute atomic E-state index is 0.0338. The van der Waals surface area contributed by atoms with Gasteiger partial charge in [0.25, 0.3) is 11.8 Å². The number of aromatic nitrogens is 4. The van der Waals surface area contributed by atoms with E-state index in [2.05, 4.69) is 25.7 Å². The molecule has 0 fully saturated rings. The van der Waals surface area contributed by atoms with Crippen LogP contribution in [0.5, 0.6) is 0 Å². The molecule has 2 amide bonds. The van der Waals surface area contributed by atoms with Crippen LogP contribution < -0.4 is 10.6 Å². The summed E-state index contributed by atoms with van der Waals surface area (Å²) in [7, 11) is 1.51. The molecule has 0 saturated carbocycles. The van der Waals surface area contributed by atoms with Gasteiger partial charge in [-0.2, -0.15) is 18.3 Å². The molecule has 2 heterocycles. The number of carbonyl (C=O) groups is 3. The highest BCUT2D eigenvalue weighted by Crippen LogP contribution is 2.38. The summed E-state index contributed by atoms with van der Waals surface area (Å²) >= 11 is 0. The summed E-state index contributed by atoms with van der Waals surface area (Å²) in [6.07, 6.45) is -2.27. The van der Waals surface area contributed by atoms with E-state index >= 15 is 0 Å². The minimum Gasteiger partial charge on any atom is -0.342 e. The summed E-state index contributed by atoms with van der Waals surface area (Å²) in [5, 5.41) is 8.79. The highest BCUT2D eigenvalue weighted by molar-refractivity contribution is 6.35. The lowest BCUT2D eigenvalue weighted by Gasteiger charge is -2.15. The Morgan fingerprint density at radius 1 is 1.05 bits per heavy atom. The fraction of sp³-hybridized carbons (Fsp3) is 0.154. The van der Waals surface area contributed by atoms with Crippen molar-refractivity contribution in [2.24, 2.45) is 7.05 Å². The zero-order chi connectivity index (χ0) is 28.3. The zero-order valence-corrected chi connectivity index (χ0v) is 20.5. The van der Waals surface area contributed by atoms with Crippen molar-refractivity contribution < 1.29 is 31.9 Å². The molecule has 0 bridgehead atoms. The summed E-state index contributed by atoms with van der Waals surface area (Å²) in [4.78, 5) is 44.3. The molecular formula is C26H20F4N6O3. The highest BCUT2D eigenvalue weighted by atomic mass is 19.4. The fourth-order valence-electron chi connectivity index (χ4n) is 3.64. The van der Waals surface area contributed by atoms with E-state index in [0.29, 0.717) is 5.56 Å². The molecule has 9 nitrogen and oxygen atoms in total. The molecule has 0 atom stereocenters. The van der Waals surface area contributed by atoms with Gasteiger partial charge in [-0.15, -0.1) is 0 Å². The van der Waals surface area contributed by atoms with Gasteiger partial charge >= 0.3 is 6.18 Å². The first-order valence-electron chi connectivity index (χ1n) is 11.4. The second-order valence-electron chi connectivity index (χ2n) is 8.36. The Bertz CT molecular complexity index is 1570. The van der Waals surface area contributed by atoms with Crippen LogP contribution in [0.15, 0.2) is 60.9 Å². The monoisotopic (exact) mass is 540 g/mol. The van der Waals surface area contributed by atoms with Crippen LogP contribution in [0.1, 0.15) is 28.7 Å². The lowest BCUT2D eigenvalue weighted by molar-refractivity contribution is -0.137. The molecule has 4 aromatic rings. The van der Waals surface area contributed by atoms with Crippen LogP contribution >= 0.6 is 0 Å². The molecule has 0 aliphatic carbocycles. The van der Waals surface area contributed by atoms with E-state index in [1.165, 1.54) is 30.2 Å². The maximum absolute atomic E-state index is 14.9. The van der Waals surface area contributed by atoms with E-state index in [1.54, 1.807) is 30.3 Å². The van der Waals surface area contributed by atoms with Gasteiger partial charge in [0.2, 0.25) is 5.78 Å². The number of carbonyl (C=O) groups excluding carboxylic acids is 3. The number of anilines is 1. The third kappa shape index (κ3) is 6.14. The van der Waals surface area contributed by atoms with Crippen LogP contribution in [0.2, 0.25) is 0 Å². The van der Waals surface area contributed by atoms with Gasteiger partial charge in [0, 0.05) is 31.3 Å². The summed E-state index contributed by atoms with van der Waals surface area (Å²) in [5.74, 6) is -3.86. The molecule has 0 unspecified atom stereocenters. The van der Waals surface area contributed by atoms with E-state index in [9.17, 15) is 31.9 Å². The number of nitrogens with zero attached hydrogens (tertiary/aromatic N) is 4. The quantitative estimate of drug-likeness (QED) is 0.269. The number of amides is 2. The van der Waals surface area contributed by atoms with Crippen molar-refractivity contribution >= 4 is 23.3 Å². The molecule has 13 heteroatoms. The Kier molecular flexibility index (Phi) is 7.51. The van der Waals surface area contributed by atoms with Gasteiger partial charge in [0.05, 0.1) is 40.9 Å². The molecule has 0 aliphatic rings. The summed E-state index contributed by atoms with van der Waals surface area (Å²) < 4.78 is 57.2. The van der Waals surface area contributed by atoms with Crippen molar-refractivity contribution in [2.75, 3.05) is 5.32 Å². The van der Waals surface area contributed by atoms with Crippen LogP contribution in [0, 0.1) is 5.82 Å². The van der Waals surface area contributed by atoms with E-state index in [-0.39, 0.29) is 35.5 Å². The molecule has 2 N–H and O–H groups in total. The standard InChI is InChI=1S/C26H20F4N6O3/c1-14(37)24(38)32-13-22-31-12-21(23(34-22)15-6-4-3-5-7-15)33-25(39)17-10-16(20-8-9-36(2)35-20)18(11-19(17)27)26(28,29)30/h3-12H,13H2,1-2H3,(H,32,38)(H,33,39). The van der Waals surface area contributed by atoms with E-state index in [1.807, 2.05) is 0 Å². The number of alkyl halides is 3. The van der Waals surface area contributed by atoms with Crippen molar-refractivity contribution in [3.05, 3.63) is 83.7 Å². The number of halogens is 4. The average Bonchev–Trinajstić information content (AvgIpc) is 3.33. The Morgan fingerprint density at radius 2 is 1.77 bits per heavy atom. The first kappa shape index (κ1) is 27.1. The first-order chi connectivity index (χ1) is 18.4. The predicted molar refractivity (Wildman–Crippen MR) is 132 cm³/mol. The number of ketones is 1. The van der Waals surface area contributed by atoms with Crippen molar-refractivity contribution in [3.63, 3.8) is 0 Å². The summed E-state index contributed by atoms with van der Waals surface area (Å²) in [6.45, 7) is 0.914. The fourth-order valence-corrected chi connectivity index (χ4v) is 3.64. The molecule has 0 aliphatic heterocycles. The Morgan fingerprint density at radius 3 is 2.38 bits per heavy atom. The van der Waals surface area contributed by atoms with Crippen molar-refractivity contribution in [2.45, 2.75) is 19.6 Å². The predicted octanol–water partition coefficient (Wildman–Crippen LogP) is 4.16. The van der Waals surface area contributed by atoms with Gasteiger partial charge in [-0.1, -0.05) is 30.3 Å². The third-order valence-electron chi connectivity index (χ3n) is 5.51. The van der Waals surface area contributed by atoms with Crippen molar-refractivity contribution in [1.29, 1.82) is 0 Å². The maximum atomic E-state index is 14.9. The number of benzene rings is 2. The molecule has 4 rings (SSSR count). The van der Waals surface area contributed by atoms with Gasteiger partial charge < -0.3 is 10.6 Å². The zero-order valence-electron chi connectivity index (χ0n) is 20.5. The number of hydrogen-bond acceptors (Lipinski definition) is 6. The lowest BCUT2D eigenvalue weighted by atomic mass is 9.99. The minimum atomic E-state index is -4.90. The highest BCUT2D eigenvalue weighted by Gasteiger charge is 2.36. The van der Waals surface area contributed by atoms with Gasteiger partial charge in [-0.25, -0.2) is 14.4 Å². The average molecular weight is 540 g/mol. The molecule has 39 heavy (non-hydrogen) atoms. The van der Waals surface area contributed by atoms with Gasteiger partial charge in [0.1, 0.15) is 11.6 Å². The largest absolute Gasteiger partial charge is 0.417 e. The Hall–Kier alpha value is -4.94. The van der Waals surface area contributed by atoms with Gasteiger partial charge in [-0.3, -0.25) is 19.1 Å². The second kappa shape index (κ2) is 10.8. The molecule has 2 aromatic carbocycles. The van der Waals surface area contributed by atoms with Crippen LogP contribution in [0.4, 0.5) is 23.2 Å². The first-order valence-corrected chi connectivity index (χ1v) is 11.4. The smallest absolute Gasteiger partial charge is 0.342 e. The number of hydrogen-bond donors (Lipinski definition) is 2. The molecule has 0 saturated heterocycles. The molecule has 2 aromatic heterocycles. The maximum Gasteiger partial charge on any atom is 0.417 e. The molecular weight excluding hydrogens is 520 g/mol. The Balaban J connectivity index is 1.72. The van der Waals surface area contributed by atoms with Crippen LogP contribution in [0.25, 0.3) is 22.5 Å². The van der Waals surface area contributed by atoms with Crippen LogP contribution in [-0.4, -0.2) is 37.3 Å². The van der Waals surface area contributed by atoms with E-state index in [4.69, 9.17) is 0 Å². The number of aryl methyl sites for hydroxylation is 1. The topological polar surface area (TPSA) is 119 Å². The normalized spacial score (nSPS) is 11.2. The Labute approximate surface area is 218 Å².